The predicted molar refractivity (Wildman–Crippen MR) is 87.6 cm³/mol. The Labute approximate surface area is 127 Å². The molecule has 0 N–H and O–H groups in total. The van der Waals surface area contributed by atoms with Gasteiger partial charge in [-0.2, -0.15) is 0 Å². The molecule has 1 aromatic rings. The molecule has 2 nitrogen and oxygen atoms in total. The van der Waals surface area contributed by atoms with Crippen molar-refractivity contribution in [3.05, 3.63) is 71.0 Å². The number of carbonyl (C=O) groups excluding carboxylic acids is 1. The number of hydrogen-bond acceptors (Lipinski definition) is 1. The number of hydrogen-bond donors (Lipinski definition) is 0. The van der Waals surface area contributed by atoms with Crippen LogP contribution < -0.4 is 0 Å². The third kappa shape index (κ3) is 3.33. The molecule has 1 amide bonds. The first kappa shape index (κ1) is 15.3. The number of carbonyl (C=O) groups is 1. The summed E-state index contributed by atoms with van der Waals surface area (Å²) in [5.74, 6) is 0.0664. The van der Waals surface area contributed by atoms with E-state index in [2.05, 4.69) is 50.8 Å². The van der Waals surface area contributed by atoms with Crippen LogP contribution >= 0.6 is 0 Å². The fourth-order valence-corrected chi connectivity index (χ4v) is 2.43. The summed E-state index contributed by atoms with van der Waals surface area (Å²) in [6, 6.07) is 8.27. The summed E-state index contributed by atoms with van der Waals surface area (Å²) in [5, 5.41) is 0. The van der Waals surface area contributed by atoms with Crippen molar-refractivity contribution in [1.29, 1.82) is 0 Å². The Hall–Kier alpha value is -2.09. The number of nitrogens with zero attached hydrogens (tertiary/aromatic N) is 1. The van der Waals surface area contributed by atoms with Crippen molar-refractivity contribution in [2.75, 3.05) is 0 Å². The maximum Gasteiger partial charge on any atom is 0.254 e. The van der Waals surface area contributed by atoms with Gasteiger partial charge in [0.15, 0.2) is 0 Å². The minimum Gasteiger partial charge on any atom is -0.304 e. The molecule has 0 saturated carbocycles. The summed E-state index contributed by atoms with van der Waals surface area (Å²) in [6.07, 6.45) is 6.29. The fourth-order valence-electron chi connectivity index (χ4n) is 2.43. The molecule has 0 spiro atoms. The lowest BCUT2D eigenvalue weighted by atomic mass is 10.1. The summed E-state index contributed by atoms with van der Waals surface area (Å²) in [7, 11) is 0. The minimum absolute atomic E-state index is 0.0664. The molecule has 110 valence electrons. The SMILES string of the molecule is C=C1C(/C=C\CCC)=C(C)C(=O)N1Cc1ccc(C)cc1. The second-order valence-electron chi connectivity index (χ2n) is 5.55. The maximum absolute atomic E-state index is 12.4. The van der Waals surface area contributed by atoms with Crippen LogP contribution in [0.2, 0.25) is 0 Å². The number of rotatable bonds is 5. The van der Waals surface area contributed by atoms with Gasteiger partial charge in [-0.3, -0.25) is 4.79 Å². The highest BCUT2D eigenvalue weighted by atomic mass is 16.2. The Morgan fingerprint density at radius 1 is 1.19 bits per heavy atom. The van der Waals surface area contributed by atoms with E-state index in [0.717, 1.165) is 35.2 Å². The lowest BCUT2D eigenvalue weighted by Gasteiger charge is -2.18. The standard InChI is InChI=1S/C19H23NO/c1-5-6-7-8-18-15(3)19(21)20(16(18)4)13-17-11-9-14(2)10-12-17/h7-12H,4-6,13H2,1-3H3/b8-7-. The van der Waals surface area contributed by atoms with Gasteiger partial charge in [0, 0.05) is 16.8 Å². The highest BCUT2D eigenvalue weighted by molar-refractivity contribution is 6.00. The molecular weight excluding hydrogens is 258 g/mol. The zero-order valence-corrected chi connectivity index (χ0v) is 13.1. The van der Waals surface area contributed by atoms with Crippen molar-refractivity contribution < 1.29 is 4.79 Å². The quantitative estimate of drug-likeness (QED) is 0.777. The topological polar surface area (TPSA) is 20.3 Å². The normalized spacial score (nSPS) is 15.7. The smallest absolute Gasteiger partial charge is 0.254 e. The van der Waals surface area contributed by atoms with Crippen molar-refractivity contribution in [2.45, 2.75) is 40.2 Å². The number of unbranched alkanes of at least 4 members (excludes halogenated alkanes) is 1. The number of amides is 1. The van der Waals surface area contributed by atoms with E-state index >= 15 is 0 Å². The molecule has 0 fully saturated rings. The minimum atomic E-state index is 0.0664. The molecule has 0 aromatic heterocycles. The van der Waals surface area contributed by atoms with Crippen LogP contribution in [-0.4, -0.2) is 10.8 Å². The van der Waals surface area contributed by atoms with Crippen LogP contribution in [0.1, 0.15) is 37.8 Å². The summed E-state index contributed by atoms with van der Waals surface area (Å²) in [4.78, 5) is 14.2. The van der Waals surface area contributed by atoms with Gasteiger partial charge in [0.05, 0.1) is 6.54 Å². The number of aryl methyl sites for hydroxylation is 1. The van der Waals surface area contributed by atoms with Gasteiger partial charge in [0.2, 0.25) is 0 Å². The Kier molecular flexibility index (Phi) is 4.79. The van der Waals surface area contributed by atoms with E-state index in [1.54, 1.807) is 4.90 Å². The molecule has 1 aliphatic heterocycles. The van der Waals surface area contributed by atoms with Crippen LogP contribution in [0.5, 0.6) is 0 Å². The zero-order valence-electron chi connectivity index (χ0n) is 13.1. The Morgan fingerprint density at radius 2 is 1.86 bits per heavy atom. The number of allylic oxidation sites excluding steroid dienone is 2. The molecule has 21 heavy (non-hydrogen) atoms. The van der Waals surface area contributed by atoms with Gasteiger partial charge in [0.25, 0.3) is 5.91 Å². The van der Waals surface area contributed by atoms with Crippen LogP contribution in [-0.2, 0) is 11.3 Å². The van der Waals surface area contributed by atoms with E-state index in [9.17, 15) is 4.79 Å². The summed E-state index contributed by atoms with van der Waals surface area (Å²) in [6.45, 7) is 10.8. The molecule has 0 bridgehead atoms. The van der Waals surface area contributed by atoms with Crippen LogP contribution in [0, 0.1) is 6.92 Å². The Balaban J connectivity index is 2.15. The number of benzene rings is 1. The molecule has 1 heterocycles. The first-order chi connectivity index (χ1) is 10.0. The van der Waals surface area contributed by atoms with Gasteiger partial charge >= 0.3 is 0 Å². The molecule has 0 unspecified atom stereocenters. The molecular formula is C19H23NO. The molecule has 0 saturated heterocycles. The predicted octanol–water partition coefficient (Wildman–Crippen LogP) is 4.52. The first-order valence-corrected chi connectivity index (χ1v) is 7.48. The van der Waals surface area contributed by atoms with Gasteiger partial charge < -0.3 is 4.90 Å². The lowest BCUT2D eigenvalue weighted by Crippen LogP contribution is -2.24. The van der Waals surface area contributed by atoms with E-state index in [4.69, 9.17) is 0 Å². The van der Waals surface area contributed by atoms with E-state index in [-0.39, 0.29) is 5.91 Å². The molecule has 1 aliphatic rings. The third-order valence-electron chi connectivity index (χ3n) is 3.81. The average Bonchev–Trinajstić information content (AvgIpc) is 2.67. The lowest BCUT2D eigenvalue weighted by molar-refractivity contribution is -0.124. The van der Waals surface area contributed by atoms with Crippen LogP contribution in [0.3, 0.4) is 0 Å². The second kappa shape index (κ2) is 6.57. The van der Waals surface area contributed by atoms with Gasteiger partial charge in [-0.25, -0.2) is 0 Å². The summed E-state index contributed by atoms with van der Waals surface area (Å²) >= 11 is 0. The molecule has 0 aliphatic carbocycles. The van der Waals surface area contributed by atoms with E-state index in [1.807, 2.05) is 13.0 Å². The van der Waals surface area contributed by atoms with Crippen LogP contribution in [0.4, 0.5) is 0 Å². The monoisotopic (exact) mass is 281 g/mol. The molecule has 0 atom stereocenters. The van der Waals surface area contributed by atoms with Crippen molar-refractivity contribution in [3.8, 4) is 0 Å². The molecule has 0 radical (unpaired) electrons. The van der Waals surface area contributed by atoms with Gasteiger partial charge in [0.1, 0.15) is 0 Å². The van der Waals surface area contributed by atoms with E-state index in [1.165, 1.54) is 5.56 Å². The highest BCUT2D eigenvalue weighted by Crippen LogP contribution is 2.30. The van der Waals surface area contributed by atoms with Gasteiger partial charge in [-0.1, -0.05) is 61.9 Å². The summed E-state index contributed by atoms with van der Waals surface area (Å²) < 4.78 is 0. The maximum atomic E-state index is 12.4. The van der Waals surface area contributed by atoms with Crippen molar-refractivity contribution in [2.24, 2.45) is 0 Å². The molecule has 2 heteroatoms. The largest absolute Gasteiger partial charge is 0.304 e. The van der Waals surface area contributed by atoms with Crippen LogP contribution in [0.25, 0.3) is 0 Å². The fraction of sp³-hybridized carbons (Fsp3) is 0.316. The first-order valence-electron chi connectivity index (χ1n) is 7.48. The molecule has 2 rings (SSSR count). The van der Waals surface area contributed by atoms with Crippen molar-refractivity contribution in [1.82, 2.24) is 4.90 Å². The molecule has 1 aromatic carbocycles. The highest BCUT2D eigenvalue weighted by Gasteiger charge is 2.29. The Morgan fingerprint density at radius 3 is 2.48 bits per heavy atom. The van der Waals surface area contributed by atoms with E-state index in [0.29, 0.717) is 6.54 Å². The Bertz CT molecular complexity index is 605. The van der Waals surface area contributed by atoms with Crippen molar-refractivity contribution in [3.63, 3.8) is 0 Å². The summed E-state index contributed by atoms with van der Waals surface area (Å²) in [5.41, 5.74) is 4.93. The second-order valence-corrected chi connectivity index (χ2v) is 5.55. The van der Waals surface area contributed by atoms with Crippen LogP contribution in [0.15, 0.2) is 59.8 Å². The van der Waals surface area contributed by atoms with Gasteiger partial charge in [-0.15, -0.1) is 0 Å². The average molecular weight is 281 g/mol. The van der Waals surface area contributed by atoms with E-state index < -0.39 is 0 Å². The van der Waals surface area contributed by atoms with Gasteiger partial charge in [-0.05, 0) is 25.8 Å². The third-order valence-corrected chi connectivity index (χ3v) is 3.81. The van der Waals surface area contributed by atoms with Crippen molar-refractivity contribution >= 4 is 5.91 Å². The zero-order chi connectivity index (χ0) is 15.4.